The number of hydrogen-bond donors (Lipinski definition) is 3. The molecule has 28 heavy (non-hydrogen) atoms. The summed E-state index contributed by atoms with van der Waals surface area (Å²) in [5.41, 5.74) is 6.12. The summed E-state index contributed by atoms with van der Waals surface area (Å²) in [7, 11) is 0. The number of hydrogen-bond acceptors (Lipinski definition) is 5. The molecule has 0 spiro atoms. The highest BCUT2D eigenvalue weighted by Gasteiger charge is 2.28. The Kier molecular flexibility index (Phi) is 7.79. The first-order valence-corrected chi connectivity index (χ1v) is 9.16. The van der Waals surface area contributed by atoms with Gasteiger partial charge in [-0.05, 0) is 18.4 Å². The van der Waals surface area contributed by atoms with Crippen LogP contribution < -0.4 is 16.4 Å². The van der Waals surface area contributed by atoms with Gasteiger partial charge in [0.2, 0.25) is 17.7 Å². The first-order valence-electron chi connectivity index (χ1n) is 9.16. The lowest BCUT2D eigenvalue weighted by Gasteiger charge is -2.33. The number of primary amides is 1. The second-order valence-electron chi connectivity index (χ2n) is 6.74. The fourth-order valence-corrected chi connectivity index (χ4v) is 3.02. The first-order chi connectivity index (χ1) is 13.3. The van der Waals surface area contributed by atoms with E-state index in [-0.39, 0.29) is 25.0 Å². The van der Waals surface area contributed by atoms with Crippen molar-refractivity contribution in [3.8, 4) is 0 Å². The van der Waals surface area contributed by atoms with E-state index in [2.05, 4.69) is 10.6 Å². The van der Waals surface area contributed by atoms with Crippen molar-refractivity contribution in [2.24, 2.45) is 5.73 Å². The first kappa shape index (κ1) is 21.2. The lowest BCUT2D eigenvalue weighted by atomic mass is 10.0. The van der Waals surface area contributed by atoms with Crippen molar-refractivity contribution in [1.29, 1.82) is 0 Å². The molecular formula is C19H26N4O5. The van der Waals surface area contributed by atoms with Gasteiger partial charge in [-0.15, -0.1) is 0 Å². The number of benzene rings is 1. The molecule has 9 heteroatoms. The second-order valence-corrected chi connectivity index (χ2v) is 6.74. The highest BCUT2D eigenvalue weighted by atomic mass is 16.5. The van der Waals surface area contributed by atoms with Gasteiger partial charge in [-0.2, -0.15) is 0 Å². The van der Waals surface area contributed by atoms with E-state index in [1.165, 1.54) is 6.92 Å². The molecule has 9 nitrogen and oxygen atoms in total. The predicted octanol–water partition coefficient (Wildman–Crippen LogP) is 0.284. The van der Waals surface area contributed by atoms with Gasteiger partial charge in [-0.1, -0.05) is 30.3 Å². The summed E-state index contributed by atoms with van der Waals surface area (Å²) in [6.07, 6.45) is 0.669. The molecule has 0 bridgehead atoms. The van der Waals surface area contributed by atoms with Gasteiger partial charge in [0.05, 0.1) is 6.42 Å². The summed E-state index contributed by atoms with van der Waals surface area (Å²) in [6.45, 7) is 2.24. The number of alkyl carbamates (subject to hydrolysis) is 1. The zero-order valence-corrected chi connectivity index (χ0v) is 15.8. The molecule has 1 heterocycles. The fraction of sp³-hybridized carbons (Fsp3) is 0.474. The minimum atomic E-state index is -1.05. The maximum atomic E-state index is 12.5. The number of carbonyl (C=O) groups is 4. The smallest absolute Gasteiger partial charge is 0.407 e. The van der Waals surface area contributed by atoms with Crippen molar-refractivity contribution in [3.63, 3.8) is 0 Å². The van der Waals surface area contributed by atoms with Crippen molar-refractivity contribution in [1.82, 2.24) is 15.5 Å². The molecule has 2 rings (SSSR count). The van der Waals surface area contributed by atoms with Crippen molar-refractivity contribution in [3.05, 3.63) is 35.9 Å². The molecule has 1 aliphatic rings. The van der Waals surface area contributed by atoms with Crippen LogP contribution in [0.2, 0.25) is 0 Å². The summed E-state index contributed by atoms with van der Waals surface area (Å²) < 4.78 is 5.20. The van der Waals surface area contributed by atoms with Gasteiger partial charge in [0.25, 0.3) is 0 Å². The largest absolute Gasteiger partial charge is 0.445 e. The topological polar surface area (TPSA) is 131 Å². The number of piperidine rings is 1. The monoisotopic (exact) mass is 390 g/mol. The number of ether oxygens (including phenoxy) is 1. The van der Waals surface area contributed by atoms with Crippen LogP contribution in [0.1, 0.15) is 31.7 Å². The predicted molar refractivity (Wildman–Crippen MR) is 101 cm³/mol. The maximum absolute atomic E-state index is 12.5. The highest BCUT2D eigenvalue weighted by Crippen LogP contribution is 2.13. The Bertz CT molecular complexity index is 710. The summed E-state index contributed by atoms with van der Waals surface area (Å²) in [4.78, 5) is 48.6. The van der Waals surface area contributed by atoms with E-state index in [1.807, 2.05) is 30.3 Å². The van der Waals surface area contributed by atoms with E-state index in [0.29, 0.717) is 19.5 Å². The normalized spacial score (nSPS) is 17.3. The van der Waals surface area contributed by atoms with Crippen molar-refractivity contribution < 1.29 is 23.9 Å². The van der Waals surface area contributed by atoms with Gasteiger partial charge in [0.1, 0.15) is 12.6 Å². The van der Waals surface area contributed by atoms with Crippen LogP contribution in [0.3, 0.4) is 0 Å². The number of nitrogens with two attached hydrogens (primary N) is 1. The molecule has 0 saturated carbocycles. The number of nitrogens with one attached hydrogen (secondary N) is 2. The fourth-order valence-electron chi connectivity index (χ4n) is 3.02. The van der Waals surface area contributed by atoms with Crippen LogP contribution in [0, 0.1) is 0 Å². The van der Waals surface area contributed by atoms with Gasteiger partial charge in [-0.25, -0.2) is 4.79 Å². The molecule has 4 N–H and O–H groups in total. The molecule has 1 unspecified atom stereocenters. The zero-order valence-electron chi connectivity index (χ0n) is 15.8. The number of carbonyl (C=O) groups excluding carboxylic acids is 4. The lowest BCUT2D eigenvalue weighted by Crippen LogP contribution is -2.52. The van der Waals surface area contributed by atoms with E-state index >= 15 is 0 Å². The van der Waals surface area contributed by atoms with E-state index in [1.54, 1.807) is 4.90 Å². The zero-order chi connectivity index (χ0) is 20.5. The quantitative estimate of drug-likeness (QED) is 0.616. The molecule has 1 aromatic carbocycles. The van der Waals surface area contributed by atoms with Crippen LogP contribution >= 0.6 is 0 Å². The minimum absolute atomic E-state index is 0.166. The van der Waals surface area contributed by atoms with Gasteiger partial charge < -0.3 is 26.0 Å². The molecule has 0 aromatic heterocycles. The van der Waals surface area contributed by atoms with Crippen molar-refractivity contribution >= 4 is 23.8 Å². The Hall–Kier alpha value is -3.10. The lowest BCUT2D eigenvalue weighted by molar-refractivity contribution is -0.136. The Labute approximate surface area is 163 Å². The minimum Gasteiger partial charge on any atom is -0.445 e. The average Bonchev–Trinajstić information content (AvgIpc) is 2.66. The summed E-state index contributed by atoms with van der Waals surface area (Å²) in [6, 6.07) is 8.04. The Morgan fingerprint density at radius 3 is 2.61 bits per heavy atom. The molecule has 2 atom stereocenters. The molecule has 4 amide bonds. The molecule has 1 saturated heterocycles. The Morgan fingerprint density at radius 1 is 1.25 bits per heavy atom. The summed E-state index contributed by atoms with van der Waals surface area (Å²) in [5.74, 6) is -1.50. The molecule has 0 radical (unpaired) electrons. The van der Waals surface area contributed by atoms with Crippen LogP contribution in [-0.4, -0.2) is 53.9 Å². The third kappa shape index (κ3) is 6.90. The van der Waals surface area contributed by atoms with Crippen LogP contribution in [0.4, 0.5) is 4.79 Å². The summed E-state index contributed by atoms with van der Waals surface area (Å²) in [5, 5.41) is 5.14. The third-order valence-corrected chi connectivity index (χ3v) is 4.41. The van der Waals surface area contributed by atoms with Crippen LogP contribution in [0.5, 0.6) is 0 Å². The molecular weight excluding hydrogens is 364 g/mol. The number of likely N-dealkylation sites (tertiary alicyclic amines) is 1. The average molecular weight is 390 g/mol. The van der Waals surface area contributed by atoms with E-state index in [0.717, 1.165) is 12.0 Å². The van der Waals surface area contributed by atoms with Crippen molar-refractivity contribution in [2.45, 2.75) is 44.9 Å². The second kappa shape index (κ2) is 10.3. The standard InChI is InChI=1S/C19H26N4O5/c1-13(24)21-16(18(20)26)10-17(25)23-9-5-8-15(11-23)22-19(27)28-12-14-6-3-2-4-7-14/h2-4,6-7,15-16H,5,8-12H2,1H3,(H2,20,26)(H,21,24)(H,22,27)/t15?,16-/m0/s1. The van der Waals surface area contributed by atoms with Crippen LogP contribution in [0.15, 0.2) is 30.3 Å². The molecule has 1 aliphatic heterocycles. The number of nitrogens with zero attached hydrogens (tertiary/aromatic N) is 1. The van der Waals surface area contributed by atoms with Gasteiger partial charge in [0.15, 0.2) is 0 Å². The van der Waals surface area contributed by atoms with E-state index in [9.17, 15) is 19.2 Å². The number of rotatable bonds is 7. The molecule has 152 valence electrons. The van der Waals surface area contributed by atoms with Crippen LogP contribution in [0.25, 0.3) is 0 Å². The highest BCUT2D eigenvalue weighted by molar-refractivity contribution is 5.90. The Morgan fingerprint density at radius 2 is 1.96 bits per heavy atom. The molecule has 0 aliphatic carbocycles. The summed E-state index contributed by atoms with van der Waals surface area (Å²) >= 11 is 0. The van der Waals surface area contributed by atoms with Gasteiger partial charge in [0, 0.05) is 26.1 Å². The third-order valence-electron chi connectivity index (χ3n) is 4.41. The Balaban J connectivity index is 1.81. The van der Waals surface area contributed by atoms with Gasteiger partial charge in [-0.3, -0.25) is 14.4 Å². The SMILES string of the molecule is CC(=O)N[C@@H](CC(=O)N1CCCC(NC(=O)OCc2ccccc2)C1)C(N)=O. The van der Waals surface area contributed by atoms with E-state index < -0.39 is 23.9 Å². The maximum Gasteiger partial charge on any atom is 0.407 e. The van der Waals surface area contributed by atoms with Crippen molar-refractivity contribution in [2.75, 3.05) is 13.1 Å². The number of amides is 4. The van der Waals surface area contributed by atoms with Crippen LogP contribution in [-0.2, 0) is 25.7 Å². The molecule has 1 aromatic rings. The van der Waals surface area contributed by atoms with E-state index in [4.69, 9.17) is 10.5 Å². The molecule has 1 fully saturated rings. The van der Waals surface area contributed by atoms with Gasteiger partial charge >= 0.3 is 6.09 Å².